The van der Waals surface area contributed by atoms with Crippen LogP contribution in [0.3, 0.4) is 0 Å². The Morgan fingerprint density at radius 3 is 2.50 bits per heavy atom. The first-order valence-electron chi connectivity index (χ1n) is 5.91. The highest BCUT2D eigenvalue weighted by Crippen LogP contribution is 2.16. The maximum atomic E-state index is 11.9. The van der Waals surface area contributed by atoms with Crippen molar-refractivity contribution in [2.24, 2.45) is 5.92 Å². The number of ether oxygens (including phenoxy) is 2. The second-order valence-electron chi connectivity index (χ2n) is 4.43. The third kappa shape index (κ3) is 2.93. The van der Waals surface area contributed by atoms with Crippen molar-refractivity contribution in [3.63, 3.8) is 0 Å². The zero-order valence-electron chi connectivity index (χ0n) is 9.35. The number of amides is 1. The first kappa shape index (κ1) is 11.8. The molecule has 0 aromatic carbocycles. The van der Waals surface area contributed by atoms with Gasteiger partial charge in [-0.15, -0.1) is 0 Å². The van der Waals surface area contributed by atoms with Crippen LogP contribution in [-0.4, -0.2) is 49.6 Å². The van der Waals surface area contributed by atoms with E-state index in [9.17, 15) is 9.90 Å². The molecule has 5 heteroatoms. The van der Waals surface area contributed by atoms with E-state index in [2.05, 4.69) is 5.32 Å². The van der Waals surface area contributed by atoms with Gasteiger partial charge in [0.1, 0.15) is 0 Å². The largest absolute Gasteiger partial charge is 0.389 e. The minimum Gasteiger partial charge on any atom is -0.389 e. The van der Waals surface area contributed by atoms with Crippen molar-refractivity contribution in [2.75, 3.05) is 26.4 Å². The smallest absolute Gasteiger partial charge is 0.223 e. The topological polar surface area (TPSA) is 67.8 Å². The van der Waals surface area contributed by atoms with Gasteiger partial charge in [0.15, 0.2) is 0 Å². The van der Waals surface area contributed by atoms with Crippen molar-refractivity contribution in [3.8, 4) is 0 Å². The van der Waals surface area contributed by atoms with Crippen molar-refractivity contribution in [1.82, 2.24) is 5.32 Å². The second kappa shape index (κ2) is 5.61. The predicted molar refractivity (Wildman–Crippen MR) is 56.9 cm³/mol. The van der Waals surface area contributed by atoms with Crippen LogP contribution in [0.1, 0.15) is 19.3 Å². The average Bonchev–Trinajstić information content (AvgIpc) is 2.33. The molecule has 0 radical (unpaired) electrons. The number of rotatable bonds is 2. The first-order valence-corrected chi connectivity index (χ1v) is 5.91. The summed E-state index contributed by atoms with van der Waals surface area (Å²) in [7, 11) is 0. The molecule has 5 nitrogen and oxygen atoms in total. The molecule has 0 aromatic rings. The van der Waals surface area contributed by atoms with Gasteiger partial charge in [0.25, 0.3) is 0 Å². The highest BCUT2D eigenvalue weighted by atomic mass is 16.5. The Labute approximate surface area is 95.1 Å². The SMILES string of the molecule is O=C(N[C@@H]1CCOC[C@H]1O)C1CCOCC1. The van der Waals surface area contributed by atoms with Gasteiger partial charge in [0, 0.05) is 25.7 Å². The summed E-state index contributed by atoms with van der Waals surface area (Å²) in [5.74, 6) is 0.0954. The Kier molecular flexibility index (Phi) is 4.15. The zero-order chi connectivity index (χ0) is 11.4. The number of hydrogen-bond acceptors (Lipinski definition) is 4. The van der Waals surface area contributed by atoms with E-state index in [0.29, 0.717) is 32.8 Å². The molecule has 0 bridgehead atoms. The molecule has 2 N–H and O–H groups in total. The van der Waals surface area contributed by atoms with Gasteiger partial charge >= 0.3 is 0 Å². The minimum atomic E-state index is -0.572. The lowest BCUT2D eigenvalue weighted by Gasteiger charge is -2.30. The zero-order valence-corrected chi connectivity index (χ0v) is 9.35. The predicted octanol–water partition coefficient (Wildman–Crippen LogP) is -0.321. The number of carbonyl (C=O) groups excluding carboxylic acids is 1. The van der Waals surface area contributed by atoms with Gasteiger partial charge in [-0.25, -0.2) is 0 Å². The normalized spacial score (nSPS) is 32.3. The summed E-state index contributed by atoms with van der Waals surface area (Å²) in [5, 5.41) is 12.6. The number of hydrogen-bond donors (Lipinski definition) is 2. The fourth-order valence-corrected chi connectivity index (χ4v) is 2.15. The summed E-state index contributed by atoms with van der Waals surface area (Å²) in [5.41, 5.74) is 0. The van der Waals surface area contributed by atoms with Gasteiger partial charge in [-0.2, -0.15) is 0 Å². The van der Waals surface area contributed by atoms with E-state index in [4.69, 9.17) is 9.47 Å². The van der Waals surface area contributed by atoms with Crippen molar-refractivity contribution < 1.29 is 19.4 Å². The standard InChI is InChI=1S/C11H19NO4/c13-10-7-16-6-3-9(10)12-11(14)8-1-4-15-5-2-8/h8-10,13H,1-7H2,(H,12,14)/t9-,10-/m1/s1. The van der Waals surface area contributed by atoms with E-state index in [1.54, 1.807) is 0 Å². The molecule has 92 valence electrons. The van der Waals surface area contributed by atoms with Gasteiger partial charge in [0.05, 0.1) is 18.8 Å². The Morgan fingerprint density at radius 2 is 1.81 bits per heavy atom. The van der Waals surface area contributed by atoms with Crippen LogP contribution in [0.15, 0.2) is 0 Å². The van der Waals surface area contributed by atoms with E-state index in [1.165, 1.54) is 0 Å². The molecule has 1 amide bonds. The lowest BCUT2D eigenvalue weighted by atomic mass is 9.97. The number of carbonyl (C=O) groups is 1. The maximum absolute atomic E-state index is 11.9. The third-order valence-corrected chi connectivity index (χ3v) is 3.25. The summed E-state index contributed by atoms with van der Waals surface area (Å²) in [6.07, 6.45) is 1.68. The molecule has 0 aromatic heterocycles. The van der Waals surface area contributed by atoms with E-state index < -0.39 is 6.10 Å². The van der Waals surface area contributed by atoms with Gasteiger partial charge in [-0.05, 0) is 19.3 Å². The van der Waals surface area contributed by atoms with Gasteiger partial charge in [-0.3, -0.25) is 4.79 Å². The molecule has 2 heterocycles. The van der Waals surface area contributed by atoms with Crippen molar-refractivity contribution in [2.45, 2.75) is 31.4 Å². The van der Waals surface area contributed by atoms with Crippen LogP contribution in [0.2, 0.25) is 0 Å². The monoisotopic (exact) mass is 229 g/mol. The molecule has 2 aliphatic rings. The van der Waals surface area contributed by atoms with Gasteiger partial charge in [-0.1, -0.05) is 0 Å². The van der Waals surface area contributed by atoms with E-state index in [-0.39, 0.29) is 17.9 Å². The molecule has 2 saturated heterocycles. The first-order chi connectivity index (χ1) is 7.77. The van der Waals surface area contributed by atoms with Crippen LogP contribution >= 0.6 is 0 Å². The summed E-state index contributed by atoms with van der Waals surface area (Å²) in [6.45, 7) is 2.25. The number of aliphatic hydroxyl groups excluding tert-OH is 1. The highest BCUT2D eigenvalue weighted by molar-refractivity contribution is 5.79. The molecular formula is C11H19NO4. The molecule has 16 heavy (non-hydrogen) atoms. The fraction of sp³-hybridized carbons (Fsp3) is 0.909. The van der Waals surface area contributed by atoms with E-state index >= 15 is 0 Å². The summed E-state index contributed by atoms with van der Waals surface area (Å²) in [6, 6.07) is -0.149. The fourth-order valence-electron chi connectivity index (χ4n) is 2.15. The van der Waals surface area contributed by atoms with Gasteiger partial charge in [0.2, 0.25) is 5.91 Å². The average molecular weight is 229 g/mol. The third-order valence-electron chi connectivity index (χ3n) is 3.25. The minimum absolute atomic E-state index is 0.0452. The van der Waals surface area contributed by atoms with Crippen LogP contribution in [0.4, 0.5) is 0 Å². The Bertz CT molecular complexity index is 240. The molecule has 2 aliphatic heterocycles. The Hall–Kier alpha value is -0.650. The Morgan fingerprint density at radius 1 is 1.12 bits per heavy atom. The summed E-state index contributed by atoms with van der Waals surface area (Å²) >= 11 is 0. The van der Waals surface area contributed by atoms with Gasteiger partial charge < -0.3 is 19.9 Å². The van der Waals surface area contributed by atoms with Crippen LogP contribution in [0.5, 0.6) is 0 Å². The van der Waals surface area contributed by atoms with Crippen molar-refractivity contribution in [3.05, 3.63) is 0 Å². The second-order valence-corrected chi connectivity index (χ2v) is 4.43. The van der Waals surface area contributed by atoms with Crippen molar-refractivity contribution >= 4 is 5.91 Å². The summed E-state index contributed by atoms with van der Waals surface area (Å²) in [4.78, 5) is 11.9. The van der Waals surface area contributed by atoms with Crippen LogP contribution < -0.4 is 5.32 Å². The molecule has 2 rings (SSSR count). The summed E-state index contributed by atoms with van der Waals surface area (Å²) < 4.78 is 10.3. The highest BCUT2D eigenvalue weighted by Gasteiger charge is 2.28. The number of aliphatic hydroxyl groups is 1. The van der Waals surface area contributed by atoms with E-state index in [0.717, 1.165) is 12.8 Å². The Balaban J connectivity index is 1.80. The molecular weight excluding hydrogens is 210 g/mol. The number of nitrogens with one attached hydrogen (secondary N) is 1. The molecule has 0 aliphatic carbocycles. The lowest BCUT2D eigenvalue weighted by molar-refractivity contribution is -0.131. The molecule has 0 saturated carbocycles. The van der Waals surface area contributed by atoms with Crippen molar-refractivity contribution in [1.29, 1.82) is 0 Å². The molecule has 2 fully saturated rings. The molecule has 2 atom stereocenters. The molecule has 0 unspecified atom stereocenters. The quantitative estimate of drug-likeness (QED) is 0.681. The van der Waals surface area contributed by atoms with Crippen LogP contribution in [0.25, 0.3) is 0 Å². The van der Waals surface area contributed by atoms with E-state index in [1.807, 2.05) is 0 Å². The van der Waals surface area contributed by atoms with Crippen LogP contribution in [-0.2, 0) is 14.3 Å². The molecule has 0 spiro atoms. The van der Waals surface area contributed by atoms with Crippen LogP contribution in [0, 0.1) is 5.92 Å². The maximum Gasteiger partial charge on any atom is 0.223 e. The lowest BCUT2D eigenvalue weighted by Crippen LogP contribution is -2.50.